The van der Waals surface area contributed by atoms with Gasteiger partial charge in [-0.25, -0.2) is 0 Å². The van der Waals surface area contributed by atoms with Gasteiger partial charge in [0, 0.05) is 12.3 Å². The Balaban J connectivity index is 1.67. The van der Waals surface area contributed by atoms with Crippen LogP contribution in [-0.4, -0.2) is 35.4 Å². The summed E-state index contributed by atoms with van der Waals surface area (Å²) in [4.78, 5) is 19.3. The minimum atomic E-state index is 0.101. The molecule has 0 N–H and O–H groups in total. The fourth-order valence-electron chi connectivity index (χ4n) is 2.68. The molecule has 0 unspecified atom stereocenters. The number of rotatable bonds is 5. The van der Waals surface area contributed by atoms with Gasteiger partial charge >= 0.3 is 0 Å². The molecule has 0 aromatic heterocycles. The summed E-state index contributed by atoms with van der Waals surface area (Å²) >= 11 is 1.67. The van der Waals surface area contributed by atoms with E-state index in [2.05, 4.69) is 17.1 Å². The zero-order valence-electron chi connectivity index (χ0n) is 14.4. The van der Waals surface area contributed by atoms with Gasteiger partial charge in [-0.1, -0.05) is 54.2 Å². The summed E-state index contributed by atoms with van der Waals surface area (Å²) in [6, 6.07) is 17.8. The molecule has 2 aromatic rings. The molecule has 1 aliphatic rings. The van der Waals surface area contributed by atoms with Gasteiger partial charge < -0.3 is 4.74 Å². The molecule has 1 amide bonds. The first-order chi connectivity index (χ1) is 12.3. The van der Waals surface area contributed by atoms with E-state index in [1.165, 1.54) is 0 Å². The number of carbonyl (C=O) groups is 1. The van der Waals surface area contributed by atoms with E-state index in [9.17, 15) is 4.79 Å². The second kappa shape index (κ2) is 8.72. The fraction of sp³-hybridized carbons (Fsp3) is 0.300. The van der Waals surface area contributed by atoms with Crippen molar-refractivity contribution in [2.75, 3.05) is 19.4 Å². The van der Waals surface area contributed by atoms with E-state index in [1.54, 1.807) is 18.9 Å². The van der Waals surface area contributed by atoms with Gasteiger partial charge in [-0.15, -0.1) is 0 Å². The van der Waals surface area contributed by atoms with Crippen LogP contribution in [0.1, 0.15) is 17.5 Å². The van der Waals surface area contributed by atoms with Crippen molar-refractivity contribution in [3.63, 3.8) is 0 Å². The lowest BCUT2D eigenvalue weighted by Gasteiger charge is -2.28. The molecule has 2 aromatic carbocycles. The molecule has 25 heavy (non-hydrogen) atoms. The van der Waals surface area contributed by atoms with E-state index < -0.39 is 0 Å². The van der Waals surface area contributed by atoms with Crippen molar-refractivity contribution in [2.45, 2.75) is 19.4 Å². The molecule has 0 saturated carbocycles. The predicted octanol–water partition coefficient (Wildman–Crippen LogP) is 3.76. The molecule has 1 fully saturated rings. The zero-order valence-corrected chi connectivity index (χ0v) is 15.2. The lowest BCUT2D eigenvalue weighted by molar-refractivity contribution is -0.126. The van der Waals surface area contributed by atoms with Gasteiger partial charge in [-0.05, 0) is 29.7 Å². The van der Waals surface area contributed by atoms with Crippen molar-refractivity contribution >= 4 is 22.8 Å². The van der Waals surface area contributed by atoms with Gasteiger partial charge in [0.2, 0.25) is 5.91 Å². The Morgan fingerprint density at radius 2 is 1.88 bits per heavy atom. The lowest BCUT2D eigenvalue weighted by atomic mass is 10.1. The van der Waals surface area contributed by atoms with Crippen LogP contribution in [0, 0.1) is 0 Å². The third-order valence-corrected chi connectivity index (χ3v) is 5.14. The highest BCUT2D eigenvalue weighted by Gasteiger charge is 2.23. The van der Waals surface area contributed by atoms with E-state index in [0.29, 0.717) is 13.0 Å². The van der Waals surface area contributed by atoms with Crippen LogP contribution in [0.2, 0.25) is 0 Å². The predicted molar refractivity (Wildman–Crippen MR) is 103 cm³/mol. The summed E-state index contributed by atoms with van der Waals surface area (Å²) in [6.07, 6.45) is 1.39. The summed E-state index contributed by atoms with van der Waals surface area (Å²) < 4.78 is 5.16. The Labute approximate surface area is 152 Å². The molecule has 0 bridgehead atoms. The highest BCUT2D eigenvalue weighted by atomic mass is 32.2. The first-order valence-corrected chi connectivity index (χ1v) is 9.39. The number of carbonyl (C=O) groups excluding carboxylic acids is 1. The topological polar surface area (TPSA) is 41.9 Å². The number of amides is 1. The number of benzene rings is 2. The number of hydrogen-bond acceptors (Lipinski definition) is 4. The molecular weight excluding hydrogens is 332 g/mol. The molecule has 1 saturated heterocycles. The maximum Gasteiger partial charge on any atom is 0.232 e. The summed E-state index contributed by atoms with van der Waals surface area (Å²) in [5, 5.41) is 0.841. The van der Waals surface area contributed by atoms with Gasteiger partial charge in [0.05, 0.1) is 20.1 Å². The quantitative estimate of drug-likeness (QED) is 0.821. The number of aliphatic imine (C=N–C) groups is 1. The van der Waals surface area contributed by atoms with Gasteiger partial charge in [0.15, 0.2) is 5.17 Å². The standard InChI is InChI=1S/C20H22N2O2S/c1-24-18-10-8-16(9-11-18)14-19(23)22-12-5-13-25-20(22)21-15-17-6-3-2-4-7-17/h2-4,6-11H,5,12-15H2,1H3. The Morgan fingerprint density at radius 1 is 1.12 bits per heavy atom. The fourth-order valence-corrected chi connectivity index (χ4v) is 3.64. The SMILES string of the molecule is COc1ccc(CC(=O)N2CCCSC2=NCc2ccccc2)cc1. The van der Waals surface area contributed by atoms with E-state index in [4.69, 9.17) is 4.74 Å². The van der Waals surface area contributed by atoms with E-state index >= 15 is 0 Å². The molecule has 0 radical (unpaired) electrons. The average Bonchev–Trinajstić information content (AvgIpc) is 2.68. The molecule has 4 nitrogen and oxygen atoms in total. The third-order valence-electron chi connectivity index (χ3n) is 4.04. The van der Waals surface area contributed by atoms with Crippen molar-refractivity contribution in [3.05, 3.63) is 65.7 Å². The first kappa shape index (κ1) is 17.5. The zero-order chi connectivity index (χ0) is 17.5. The van der Waals surface area contributed by atoms with Crippen LogP contribution in [0.25, 0.3) is 0 Å². The number of amidine groups is 1. The molecular formula is C20H22N2O2S. The number of thioether (sulfide) groups is 1. The van der Waals surface area contributed by atoms with E-state index in [1.807, 2.05) is 47.4 Å². The summed E-state index contributed by atoms with van der Waals surface area (Å²) in [6.45, 7) is 1.35. The van der Waals surface area contributed by atoms with Crippen LogP contribution in [-0.2, 0) is 17.8 Å². The van der Waals surface area contributed by atoms with Crippen LogP contribution in [0.3, 0.4) is 0 Å². The van der Waals surface area contributed by atoms with Crippen molar-refractivity contribution in [1.29, 1.82) is 0 Å². The summed E-state index contributed by atoms with van der Waals surface area (Å²) in [7, 11) is 1.64. The monoisotopic (exact) mass is 354 g/mol. The second-order valence-electron chi connectivity index (χ2n) is 5.86. The molecule has 0 aliphatic carbocycles. The maximum absolute atomic E-state index is 12.7. The van der Waals surface area contributed by atoms with Crippen LogP contribution >= 0.6 is 11.8 Å². The summed E-state index contributed by atoms with van der Waals surface area (Å²) in [5.41, 5.74) is 2.15. The van der Waals surface area contributed by atoms with E-state index in [0.717, 1.165) is 40.8 Å². The van der Waals surface area contributed by atoms with Gasteiger partial charge in [0.25, 0.3) is 0 Å². The third kappa shape index (κ3) is 4.86. The van der Waals surface area contributed by atoms with Crippen LogP contribution in [0.15, 0.2) is 59.6 Å². The number of hydrogen-bond donors (Lipinski definition) is 0. The maximum atomic E-state index is 12.7. The molecule has 0 spiro atoms. The van der Waals surface area contributed by atoms with Gasteiger partial charge in [-0.2, -0.15) is 0 Å². The normalized spacial score (nSPS) is 16.0. The van der Waals surface area contributed by atoms with Crippen molar-refractivity contribution in [2.24, 2.45) is 4.99 Å². The Bertz CT molecular complexity index is 729. The van der Waals surface area contributed by atoms with Crippen molar-refractivity contribution in [1.82, 2.24) is 4.90 Å². The highest BCUT2D eigenvalue weighted by molar-refractivity contribution is 8.13. The van der Waals surface area contributed by atoms with E-state index in [-0.39, 0.29) is 5.91 Å². The first-order valence-electron chi connectivity index (χ1n) is 8.41. The lowest BCUT2D eigenvalue weighted by Crippen LogP contribution is -2.40. The Kier molecular flexibility index (Phi) is 6.12. The minimum Gasteiger partial charge on any atom is -0.497 e. The molecule has 5 heteroatoms. The number of methoxy groups -OCH3 is 1. The number of ether oxygens (including phenoxy) is 1. The smallest absolute Gasteiger partial charge is 0.232 e. The second-order valence-corrected chi connectivity index (χ2v) is 6.92. The summed E-state index contributed by atoms with van der Waals surface area (Å²) in [5.74, 6) is 1.92. The minimum absolute atomic E-state index is 0.101. The molecule has 1 aliphatic heterocycles. The molecule has 1 heterocycles. The number of nitrogens with zero attached hydrogens (tertiary/aromatic N) is 2. The molecule has 130 valence electrons. The van der Waals surface area contributed by atoms with Crippen molar-refractivity contribution in [3.8, 4) is 5.75 Å². The Morgan fingerprint density at radius 3 is 2.60 bits per heavy atom. The van der Waals surface area contributed by atoms with Crippen LogP contribution in [0.5, 0.6) is 5.75 Å². The highest BCUT2D eigenvalue weighted by Crippen LogP contribution is 2.20. The average molecular weight is 354 g/mol. The Hall–Kier alpha value is -2.27. The van der Waals surface area contributed by atoms with Gasteiger partial charge in [-0.3, -0.25) is 14.7 Å². The molecule has 0 atom stereocenters. The van der Waals surface area contributed by atoms with Crippen LogP contribution in [0.4, 0.5) is 0 Å². The molecule has 3 rings (SSSR count). The largest absolute Gasteiger partial charge is 0.497 e. The van der Waals surface area contributed by atoms with Crippen molar-refractivity contribution < 1.29 is 9.53 Å². The van der Waals surface area contributed by atoms with Gasteiger partial charge in [0.1, 0.15) is 5.75 Å². The van der Waals surface area contributed by atoms with Crippen LogP contribution < -0.4 is 4.74 Å².